The van der Waals surface area contributed by atoms with Gasteiger partial charge in [0.2, 0.25) is 11.8 Å². The summed E-state index contributed by atoms with van der Waals surface area (Å²) in [4.78, 5) is 26.4. The van der Waals surface area contributed by atoms with Gasteiger partial charge in [-0.1, -0.05) is 30.3 Å². The van der Waals surface area contributed by atoms with Gasteiger partial charge in [-0.15, -0.1) is 0 Å². The first kappa shape index (κ1) is 15.3. The largest absolute Gasteiger partial charge is 0.326 e. The van der Waals surface area contributed by atoms with E-state index in [4.69, 9.17) is 0 Å². The molecule has 0 radical (unpaired) electrons. The molecule has 0 saturated carbocycles. The van der Waals surface area contributed by atoms with Crippen LogP contribution >= 0.6 is 0 Å². The highest BCUT2D eigenvalue weighted by Crippen LogP contribution is 2.26. The van der Waals surface area contributed by atoms with Gasteiger partial charge in [-0.05, 0) is 43.2 Å². The van der Waals surface area contributed by atoms with Crippen LogP contribution in [0.4, 0.5) is 11.4 Å². The van der Waals surface area contributed by atoms with Crippen LogP contribution in [0.25, 0.3) is 0 Å². The zero-order valence-corrected chi connectivity index (χ0v) is 13.4. The normalized spacial score (nSPS) is 17.4. The third kappa shape index (κ3) is 3.26. The van der Waals surface area contributed by atoms with Crippen LogP contribution in [-0.2, 0) is 9.59 Å². The first-order chi connectivity index (χ1) is 11.0. The van der Waals surface area contributed by atoms with Gasteiger partial charge in [-0.25, -0.2) is 0 Å². The Balaban J connectivity index is 1.72. The number of nitrogens with one attached hydrogen (secondary N) is 1. The second kappa shape index (κ2) is 6.24. The van der Waals surface area contributed by atoms with E-state index in [0.29, 0.717) is 6.54 Å². The van der Waals surface area contributed by atoms with Crippen molar-refractivity contribution < 1.29 is 9.59 Å². The molecule has 1 saturated heterocycles. The lowest BCUT2D eigenvalue weighted by atomic mass is 10.1. The van der Waals surface area contributed by atoms with Crippen molar-refractivity contribution in [2.75, 3.05) is 16.8 Å². The molecular formula is C19H20N2O2. The van der Waals surface area contributed by atoms with Crippen LogP contribution in [0.3, 0.4) is 0 Å². The molecule has 0 bridgehead atoms. The third-order valence-corrected chi connectivity index (χ3v) is 4.21. The van der Waals surface area contributed by atoms with Gasteiger partial charge >= 0.3 is 0 Å². The van der Waals surface area contributed by atoms with E-state index in [9.17, 15) is 9.59 Å². The molecule has 118 valence electrons. The van der Waals surface area contributed by atoms with Gasteiger partial charge in [0.15, 0.2) is 0 Å². The number of carbonyl (C=O) groups excluding carboxylic acids is 2. The number of nitrogens with zero attached hydrogens (tertiary/aromatic N) is 1. The summed E-state index contributed by atoms with van der Waals surface area (Å²) in [7, 11) is 0. The average Bonchev–Trinajstić information content (AvgIpc) is 2.94. The fourth-order valence-electron chi connectivity index (χ4n) is 2.85. The summed E-state index contributed by atoms with van der Waals surface area (Å²) in [5.74, 6) is -0.412. The number of hydrogen-bond donors (Lipinski definition) is 1. The van der Waals surface area contributed by atoms with Crippen molar-refractivity contribution in [3.8, 4) is 0 Å². The van der Waals surface area contributed by atoms with Gasteiger partial charge in [0.25, 0.3) is 0 Å². The molecule has 4 nitrogen and oxygen atoms in total. The molecule has 0 spiro atoms. The average molecular weight is 308 g/mol. The molecule has 1 fully saturated rings. The second-order valence-corrected chi connectivity index (χ2v) is 6.05. The first-order valence-electron chi connectivity index (χ1n) is 7.78. The number of rotatable bonds is 3. The molecule has 0 unspecified atom stereocenters. The molecule has 1 aliphatic rings. The smallest absolute Gasteiger partial charge is 0.229 e. The standard InChI is InChI=1S/C19H20N2O2/c1-13-8-9-14(2)17(10-13)20-19(23)15-11-18(22)21(12-15)16-6-4-3-5-7-16/h3-10,15H,11-12H2,1-2H3,(H,20,23)/t15-/m1/s1. The Labute approximate surface area is 136 Å². The molecule has 2 aromatic carbocycles. The minimum absolute atomic E-state index is 0.00249. The molecule has 3 rings (SSSR count). The van der Waals surface area contributed by atoms with E-state index < -0.39 is 0 Å². The Bertz CT molecular complexity index is 740. The van der Waals surface area contributed by atoms with Crippen LogP contribution in [0.2, 0.25) is 0 Å². The Morgan fingerprint density at radius 3 is 2.61 bits per heavy atom. The summed E-state index contributed by atoms with van der Waals surface area (Å²) in [5, 5.41) is 2.97. The van der Waals surface area contributed by atoms with E-state index >= 15 is 0 Å². The fraction of sp³-hybridized carbons (Fsp3) is 0.263. The molecule has 1 N–H and O–H groups in total. The van der Waals surface area contributed by atoms with Crippen LogP contribution in [0.15, 0.2) is 48.5 Å². The van der Waals surface area contributed by atoms with E-state index in [1.807, 2.05) is 62.4 Å². The van der Waals surface area contributed by atoms with Gasteiger partial charge in [0.1, 0.15) is 0 Å². The van der Waals surface area contributed by atoms with Crippen molar-refractivity contribution in [3.63, 3.8) is 0 Å². The van der Waals surface area contributed by atoms with Gasteiger partial charge in [0, 0.05) is 24.3 Å². The highest BCUT2D eigenvalue weighted by molar-refractivity contribution is 6.03. The molecular weight excluding hydrogens is 288 g/mol. The summed E-state index contributed by atoms with van der Waals surface area (Å²) in [5.41, 5.74) is 3.78. The monoisotopic (exact) mass is 308 g/mol. The Morgan fingerprint density at radius 2 is 1.87 bits per heavy atom. The summed E-state index contributed by atoms with van der Waals surface area (Å²) >= 11 is 0. The molecule has 0 aliphatic carbocycles. The molecule has 1 atom stereocenters. The lowest BCUT2D eigenvalue weighted by Gasteiger charge is -2.17. The number of anilines is 2. The molecule has 4 heteroatoms. The van der Waals surface area contributed by atoms with Crippen molar-refractivity contribution in [2.45, 2.75) is 20.3 Å². The third-order valence-electron chi connectivity index (χ3n) is 4.21. The van der Waals surface area contributed by atoms with Crippen LogP contribution in [0.5, 0.6) is 0 Å². The first-order valence-corrected chi connectivity index (χ1v) is 7.78. The summed E-state index contributed by atoms with van der Waals surface area (Å²) in [6.45, 7) is 4.38. The van der Waals surface area contributed by atoms with Gasteiger partial charge in [-0.2, -0.15) is 0 Å². The van der Waals surface area contributed by atoms with Crippen LogP contribution in [0.1, 0.15) is 17.5 Å². The summed E-state index contributed by atoms with van der Waals surface area (Å²) in [6.07, 6.45) is 0.256. The highest BCUT2D eigenvalue weighted by atomic mass is 16.2. The highest BCUT2D eigenvalue weighted by Gasteiger charge is 2.35. The Morgan fingerprint density at radius 1 is 1.13 bits per heavy atom. The van der Waals surface area contributed by atoms with E-state index in [1.165, 1.54) is 0 Å². The van der Waals surface area contributed by atoms with E-state index in [2.05, 4.69) is 5.32 Å². The SMILES string of the molecule is Cc1ccc(C)c(NC(=O)[C@@H]2CC(=O)N(c3ccccc3)C2)c1. The maximum absolute atomic E-state index is 12.5. The van der Waals surface area contributed by atoms with Crippen LogP contribution in [0, 0.1) is 19.8 Å². The quantitative estimate of drug-likeness (QED) is 0.946. The zero-order chi connectivity index (χ0) is 16.4. The zero-order valence-electron chi connectivity index (χ0n) is 13.4. The van der Waals surface area contributed by atoms with Crippen LogP contribution in [-0.4, -0.2) is 18.4 Å². The molecule has 2 amide bonds. The fourth-order valence-corrected chi connectivity index (χ4v) is 2.85. The lowest BCUT2D eigenvalue weighted by molar-refractivity contribution is -0.122. The van der Waals surface area contributed by atoms with Gasteiger partial charge in [0.05, 0.1) is 5.92 Å². The Kier molecular flexibility index (Phi) is 4.15. The Hall–Kier alpha value is -2.62. The van der Waals surface area contributed by atoms with Crippen molar-refractivity contribution >= 4 is 23.2 Å². The molecule has 0 aromatic heterocycles. The van der Waals surface area contributed by atoms with Gasteiger partial charge in [-0.3, -0.25) is 9.59 Å². The van der Waals surface area contributed by atoms with Crippen LogP contribution < -0.4 is 10.2 Å². The molecule has 2 aromatic rings. The number of aryl methyl sites for hydroxylation is 2. The number of carbonyl (C=O) groups is 2. The van der Waals surface area contributed by atoms with Crippen molar-refractivity contribution in [1.82, 2.24) is 0 Å². The minimum atomic E-state index is -0.317. The number of amides is 2. The molecule has 23 heavy (non-hydrogen) atoms. The molecule has 1 aliphatic heterocycles. The summed E-state index contributed by atoms with van der Waals surface area (Å²) in [6, 6.07) is 15.4. The van der Waals surface area contributed by atoms with Crippen molar-refractivity contribution in [2.24, 2.45) is 5.92 Å². The van der Waals surface area contributed by atoms with E-state index in [0.717, 1.165) is 22.5 Å². The maximum atomic E-state index is 12.5. The summed E-state index contributed by atoms with van der Waals surface area (Å²) < 4.78 is 0. The lowest BCUT2D eigenvalue weighted by Crippen LogP contribution is -2.28. The number of para-hydroxylation sites is 1. The van der Waals surface area contributed by atoms with E-state index in [-0.39, 0.29) is 24.2 Å². The topological polar surface area (TPSA) is 49.4 Å². The predicted octanol–water partition coefficient (Wildman–Crippen LogP) is 3.30. The minimum Gasteiger partial charge on any atom is -0.326 e. The van der Waals surface area contributed by atoms with E-state index in [1.54, 1.807) is 4.90 Å². The van der Waals surface area contributed by atoms with Gasteiger partial charge < -0.3 is 10.2 Å². The number of benzene rings is 2. The second-order valence-electron chi connectivity index (χ2n) is 6.05. The molecule has 1 heterocycles. The maximum Gasteiger partial charge on any atom is 0.229 e. The van der Waals surface area contributed by atoms with Crippen molar-refractivity contribution in [1.29, 1.82) is 0 Å². The number of hydrogen-bond acceptors (Lipinski definition) is 2. The van der Waals surface area contributed by atoms with Crippen molar-refractivity contribution in [3.05, 3.63) is 59.7 Å². The predicted molar refractivity (Wildman–Crippen MR) is 91.4 cm³/mol.